The van der Waals surface area contributed by atoms with Gasteiger partial charge in [0.05, 0.1) is 18.2 Å². The number of fused-ring (bicyclic) bond motifs is 1. The second-order valence-corrected chi connectivity index (χ2v) is 8.71. The first-order valence-corrected chi connectivity index (χ1v) is 10.7. The zero-order valence-electron chi connectivity index (χ0n) is 16.7. The van der Waals surface area contributed by atoms with E-state index < -0.39 is 0 Å². The molecule has 1 saturated carbocycles. The molecule has 0 bridgehead atoms. The molecule has 0 radical (unpaired) electrons. The minimum Gasteiger partial charge on any atom is -0.368 e. The molecule has 2 N–H and O–H groups in total. The highest BCUT2D eigenvalue weighted by Crippen LogP contribution is 2.37. The fraction of sp³-hybridized carbons (Fsp3) is 0.900. The second-order valence-electron chi connectivity index (χ2n) is 8.71. The number of rotatable bonds is 2. The monoisotopic (exact) mass is 378 g/mol. The van der Waals surface area contributed by atoms with Crippen LogP contribution in [-0.4, -0.2) is 78.3 Å². The van der Waals surface area contributed by atoms with Crippen LogP contribution in [0, 0.1) is 5.92 Å². The molecule has 5 atom stereocenters. The van der Waals surface area contributed by atoms with Crippen molar-refractivity contribution >= 4 is 11.8 Å². The van der Waals surface area contributed by atoms with Crippen LogP contribution in [0.2, 0.25) is 0 Å². The minimum atomic E-state index is -0.284. The van der Waals surface area contributed by atoms with E-state index in [9.17, 15) is 9.59 Å². The Balaban J connectivity index is 1.55. The highest BCUT2D eigenvalue weighted by molar-refractivity contribution is 5.82. The van der Waals surface area contributed by atoms with Crippen molar-refractivity contribution in [3.8, 4) is 0 Å². The van der Waals surface area contributed by atoms with Crippen molar-refractivity contribution in [3.05, 3.63) is 0 Å². The van der Waals surface area contributed by atoms with Gasteiger partial charge in [-0.15, -0.1) is 0 Å². The summed E-state index contributed by atoms with van der Waals surface area (Å²) in [4.78, 5) is 29.7. The normalized spacial score (nSPS) is 37.9. The smallest absolute Gasteiger partial charge is 0.252 e. The van der Waals surface area contributed by atoms with Gasteiger partial charge in [0, 0.05) is 26.1 Å². The molecule has 3 saturated heterocycles. The molecule has 4 rings (SSSR count). The van der Waals surface area contributed by atoms with Gasteiger partial charge in [-0.3, -0.25) is 9.59 Å². The molecule has 0 aromatic carbocycles. The number of ether oxygens (including phenoxy) is 1. The average molecular weight is 379 g/mol. The van der Waals surface area contributed by atoms with Gasteiger partial charge >= 0.3 is 0 Å². The molecule has 152 valence electrons. The quantitative estimate of drug-likeness (QED) is 0.740. The minimum absolute atomic E-state index is 0.0663. The van der Waals surface area contributed by atoms with Crippen molar-refractivity contribution in [2.24, 2.45) is 5.92 Å². The lowest BCUT2D eigenvalue weighted by Gasteiger charge is -2.55. The van der Waals surface area contributed by atoms with Crippen LogP contribution in [0.25, 0.3) is 0 Å². The van der Waals surface area contributed by atoms with Crippen LogP contribution in [0.15, 0.2) is 0 Å². The van der Waals surface area contributed by atoms with Crippen molar-refractivity contribution in [2.45, 2.75) is 82.8 Å². The summed E-state index contributed by atoms with van der Waals surface area (Å²) in [5.41, 5.74) is 0. The average Bonchev–Trinajstić information content (AvgIpc) is 3.21. The Bertz CT molecular complexity index is 559. The zero-order valence-corrected chi connectivity index (χ0v) is 16.7. The molecule has 3 aliphatic heterocycles. The van der Waals surface area contributed by atoms with Crippen LogP contribution in [0.1, 0.15) is 52.4 Å². The van der Waals surface area contributed by atoms with Crippen LogP contribution in [0.5, 0.6) is 0 Å². The number of carbonyl (C=O) groups excluding carboxylic acids is 2. The van der Waals surface area contributed by atoms with E-state index in [0.717, 1.165) is 51.6 Å². The first-order valence-electron chi connectivity index (χ1n) is 10.7. The molecule has 0 spiro atoms. The van der Waals surface area contributed by atoms with Crippen LogP contribution >= 0.6 is 0 Å². The second kappa shape index (κ2) is 8.05. The summed E-state index contributed by atoms with van der Waals surface area (Å²) in [7, 11) is 0. The van der Waals surface area contributed by atoms with E-state index in [0.29, 0.717) is 25.2 Å². The van der Waals surface area contributed by atoms with Gasteiger partial charge in [0.15, 0.2) is 0 Å². The number of nitrogens with zero attached hydrogens (tertiary/aromatic N) is 2. The molecule has 3 heterocycles. The van der Waals surface area contributed by atoms with Gasteiger partial charge in [-0.1, -0.05) is 0 Å². The lowest BCUT2D eigenvalue weighted by atomic mass is 9.76. The lowest BCUT2D eigenvalue weighted by Crippen LogP contribution is -2.69. The maximum atomic E-state index is 13.2. The first-order chi connectivity index (χ1) is 13.1. The molecule has 2 amide bonds. The van der Waals surface area contributed by atoms with Gasteiger partial charge in [-0.25, -0.2) is 0 Å². The summed E-state index contributed by atoms with van der Waals surface area (Å²) in [6.07, 6.45) is 5.99. The van der Waals surface area contributed by atoms with Gasteiger partial charge in [-0.05, 0) is 64.5 Å². The molecular weight excluding hydrogens is 344 g/mol. The Hall–Kier alpha value is -1.18. The fourth-order valence-corrected chi connectivity index (χ4v) is 5.72. The molecule has 0 aromatic rings. The maximum absolute atomic E-state index is 13.2. The SMILES string of the molecule is CC(=O)N1C2CCC(C3NCCCN3)CC2N(C(=O)C2CCCO2)C[C@@H]1C. The molecular formula is C20H34N4O3. The summed E-state index contributed by atoms with van der Waals surface area (Å²) < 4.78 is 5.70. The Morgan fingerprint density at radius 1 is 1.04 bits per heavy atom. The van der Waals surface area contributed by atoms with Crippen LogP contribution in [-0.2, 0) is 14.3 Å². The fourth-order valence-electron chi connectivity index (χ4n) is 5.72. The van der Waals surface area contributed by atoms with Crippen molar-refractivity contribution < 1.29 is 14.3 Å². The third kappa shape index (κ3) is 3.74. The Labute approximate surface area is 162 Å². The van der Waals surface area contributed by atoms with Crippen molar-refractivity contribution in [3.63, 3.8) is 0 Å². The maximum Gasteiger partial charge on any atom is 0.252 e. The van der Waals surface area contributed by atoms with Crippen molar-refractivity contribution in [2.75, 3.05) is 26.2 Å². The van der Waals surface area contributed by atoms with E-state index in [1.165, 1.54) is 0 Å². The van der Waals surface area contributed by atoms with E-state index in [-0.39, 0.29) is 36.0 Å². The summed E-state index contributed by atoms with van der Waals surface area (Å²) in [5, 5.41) is 7.21. The third-order valence-corrected chi connectivity index (χ3v) is 6.92. The first kappa shape index (κ1) is 19.2. The van der Waals surface area contributed by atoms with E-state index in [4.69, 9.17) is 4.74 Å². The number of piperazine rings is 1. The topological polar surface area (TPSA) is 73.9 Å². The molecule has 7 nitrogen and oxygen atoms in total. The molecule has 7 heteroatoms. The van der Waals surface area contributed by atoms with Gasteiger partial charge in [-0.2, -0.15) is 0 Å². The van der Waals surface area contributed by atoms with Gasteiger partial charge in [0.25, 0.3) is 5.91 Å². The summed E-state index contributed by atoms with van der Waals surface area (Å²) in [5.74, 6) is 0.769. The Kier molecular flexibility index (Phi) is 5.71. The van der Waals surface area contributed by atoms with Crippen molar-refractivity contribution in [1.82, 2.24) is 20.4 Å². The van der Waals surface area contributed by atoms with E-state index >= 15 is 0 Å². The Morgan fingerprint density at radius 2 is 1.81 bits per heavy atom. The molecule has 4 unspecified atom stereocenters. The van der Waals surface area contributed by atoms with Crippen LogP contribution in [0.3, 0.4) is 0 Å². The lowest BCUT2D eigenvalue weighted by molar-refractivity contribution is -0.160. The highest BCUT2D eigenvalue weighted by Gasteiger charge is 2.48. The number of nitrogens with one attached hydrogen (secondary N) is 2. The van der Waals surface area contributed by atoms with E-state index in [2.05, 4.69) is 22.5 Å². The summed E-state index contributed by atoms with van der Waals surface area (Å²) in [6.45, 7) is 7.16. The largest absolute Gasteiger partial charge is 0.368 e. The molecule has 27 heavy (non-hydrogen) atoms. The number of carbonyl (C=O) groups is 2. The highest BCUT2D eigenvalue weighted by atomic mass is 16.5. The van der Waals surface area contributed by atoms with E-state index in [1.54, 1.807) is 6.92 Å². The van der Waals surface area contributed by atoms with Gasteiger partial charge in [0.1, 0.15) is 6.10 Å². The predicted molar refractivity (Wildman–Crippen MR) is 102 cm³/mol. The summed E-state index contributed by atoms with van der Waals surface area (Å²) in [6, 6.07) is 0.305. The van der Waals surface area contributed by atoms with E-state index in [1.807, 2.05) is 4.90 Å². The molecule has 0 aromatic heterocycles. The number of amides is 2. The summed E-state index contributed by atoms with van der Waals surface area (Å²) >= 11 is 0. The molecule has 1 aliphatic carbocycles. The number of hydrogen-bond donors (Lipinski definition) is 2. The standard InChI is InChI=1S/C20H34N4O3/c1-13-12-23(20(26)18-5-3-10-27-18)17-11-15(19-21-8-4-9-22-19)6-7-16(17)24(13)14(2)25/h13,15-19,21-22H,3-12H2,1-2H3/t13-,15?,16?,17?,18?/m0/s1. The zero-order chi connectivity index (χ0) is 19.0. The number of hydrogen-bond acceptors (Lipinski definition) is 5. The van der Waals surface area contributed by atoms with Gasteiger partial charge in [0.2, 0.25) is 5.91 Å². The third-order valence-electron chi connectivity index (χ3n) is 6.92. The molecule has 4 aliphatic rings. The van der Waals surface area contributed by atoms with Crippen LogP contribution in [0.4, 0.5) is 0 Å². The Morgan fingerprint density at radius 3 is 2.48 bits per heavy atom. The van der Waals surface area contributed by atoms with Gasteiger partial charge < -0.3 is 25.2 Å². The molecule has 4 fully saturated rings. The van der Waals surface area contributed by atoms with Crippen molar-refractivity contribution in [1.29, 1.82) is 0 Å². The van der Waals surface area contributed by atoms with Crippen LogP contribution < -0.4 is 10.6 Å². The predicted octanol–water partition coefficient (Wildman–Crippen LogP) is 0.691.